The number of hydrogen-bond acceptors (Lipinski definition) is 2. The van der Waals surface area contributed by atoms with Gasteiger partial charge in [-0.2, -0.15) is 0 Å². The minimum absolute atomic E-state index is 0.0223. The zero-order chi connectivity index (χ0) is 15.5. The van der Waals surface area contributed by atoms with E-state index >= 15 is 0 Å². The maximum absolute atomic E-state index is 12.5. The molecule has 112 valence electrons. The Morgan fingerprint density at radius 2 is 2.05 bits per heavy atom. The fourth-order valence-corrected chi connectivity index (χ4v) is 2.61. The number of aliphatic hydroxyl groups excluding tert-OH is 1. The number of piperidine rings is 1. The molecule has 1 amide bonds. The van der Waals surface area contributed by atoms with Gasteiger partial charge in [0.15, 0.2) is 0 Å². The minimum Gasteiger partial charge on any atom is -0.384 e. The lowest BCUT2D eigenvalue weighted by Gasteiger charge is -2.37. The van der Waals surface area contributed by atoms with E-state index in [1.807, 2.05) is 4.90 Å². The van der Waals surface area contributed by atoms with Gasteiger partial charge in [-0.15, -0.1) is 0 Å². The van der Waals surface area contributed by atoms with Crippen molar-refractivity contribution in [3.8, 4) is 11.8 Å². The third kappa shape index (κ3) is 4.00. The zero-order valence-corrected chi connectivity index (χ0v) is 13.2. The Morgan fingerprint density at radius 1 is 1.38 bits per heavy atom. The molecule has 0 aromatic heterocycles. The summed E-state index contributed by atoms with van der Waals surface area (Å²) < 4.78 is 0. The maximum atomic E-state index is 12.5. The quantitative estimate of drug-likeness (QED) is 0.810. The standard InChI is InChI=1S/C17H20ClNO2/c1-17(2)7-9-19(10-8-17)16(21)14-6-5-13(4-3-11-20)15(18)12-14/h5-6,12,20H,7-11H2,1-2H3. The molecule has 1 aliphatic rings. The molecular formula is C17H20ClNO2. The lowest BCUT2D eigenvalue weighted by Crippen LogP contribution is -2.41. The summed E-state index contributed by atoms with van der Waals surface area (Å²) in [6, 6.07) is 5.13. The third-order valence-corrected chi connectivity index (χ3v) is 4.24. The Kier molecular flexibility index (Phi) is 4.92. The van der Waals surface area contributed by atoms with Crippen molar-refractivity contribution in [2.45, 2.75) is 26.7 Å². The predicted octanol–water partition coefficient (Wildman–Crippen LogP) is 2.95. The number of amides is 1. The molecule has 1 N–H and O–H groups in total. The summed E-state index contributed by atoms with van der Waals surface area (Å²) in [7, 11) is 0. The first-order valence-electron chi connectivity index (χ1n) is 7.11. The Labute approximate surface area is 130 Å². The number of halogens is 1. The van der Waals surface area contributed by atoms with Gasteiger partial charge in [0, 0.05) is 24.2 Å². The number of hydrogen-bond donors (Lipinski definition) is 1. The van der Waals surface area contributed by atoms with Crippen molar-refractivity contribution in [1.82, 2.24) is 4.90 Å². The van der Waals surface area contributed by atoms with Crippen LogP contribution in [-0.2, 0) is 0 Å². The largest absolute Gasteiger partial charge is 0.384 e. The van der Waals surface area contributed by atoms with Gasteiger partial charge in [-0.3, -0.25) is 4.79 Å². The van der Waals surface area contributed by atoms with Crippen LogP contribution in [0.5, 0.6) is 0 Å². The highest BCUT2D eigenvalue weighted by Crippen LogP contribution is 2.30. The molecule has 21 heavy (non-hydrogen) atoms. The number of nitrogens with zero attached hydrogens (tertiary/aromatic N) is 1. The summed E-state index contributed by atoms with van der Waals surface area (Å²) in [5, 5.41) is 9.14. The average molecular weight is 306 g/mol. The maximum Gasteiger partial charge on any atom is 0.253 e. The van der Waals surface area contributed by atoms with Crippen LogP contribution in [0.25, 0.3) is 0 Å². The first kappa shape index (κ1) is 15.9. The fourth-order valence-electron chi connectivity index (χ4n) is 2.38. The van der Waals surface area contributed by atoms with Crippen LogP contribution in [0.3, 0.4) is 0 Å². The van der Waals surface area contributed by atoms with Crippen molar-refractivity contribution in [1.29, 1.82) is 0 Å². The molecule has 0 atom stereocenters. The Hall–Kier alpha value is -1.50. The van der Waals surface area contributed by atoms with Crippen LogP contribution >= 0.6 is 11.6 Å². The van der Waals surface area contributed by atoms with Gasteiger partial charge in [0.25, 0.3) is 5.91 Å². The molecule has 0 bridgehead atoms. The molecule has 0 aliphatic carbocycles. The fraction of sp³-hybridized carbons (Fsp3) is 0.471. The van der Waals surface area contributed by atoms with Crippen LogP contribution < -0.4 is 0 Å². The molecule has 1 aromatic rings. The minimum atomic E-state index is -0.208. The number of aliphatic hydroxyl groups is 1. The topological polar surface area (TPSA) is 40.5 Å². The summed E-state index contributed by atoms with van der Waals surface area (Å²) in [4.78, 5) is 14.4. The van der Waals surface area contributed by atoms with Crippen molar-refractivity contribution in [3.63, 3.8) is 0 Å². The van der Waals surface area contributed by atoms with Gasteiger partial charge in [-0.1, -0.05) is 37.3 Å². The lowest BCUT2D eigenvalue weighted by molar-refractivity contribution is 0.0630. The summed E-state index contributed by atoms with van der Waals surface area (Å²) in [6.45, 7) is 5.84. The van der Waals surface area contributed by atoms with Crippen LogP contribution in [0.4, 0.5) is 0 Å². The second-order valence-corrected chi connectivity index (χ2v) is 6.52. The van der Waals surface area contributed by atoms with E-state index in [2.05, 4.69) is 25.7 Å². The Balaban J connectivity index is 2.12. The van der Waals surface area contributed by atoms with E-state index in [0.29, 0.717) is 21.6 Å². The average Bonchev–Trinajstić information content (AvgIpc) is 2.45. The SMILES string of the molecule is CC1(C)CCN(C(=O)c2ccc(C#CCO)c(Cl)c2)CC1. The first-order valence-corrected chi connectivity index (χ1v) is 7.49. The molecule has 1 saturated heterocycles. The van der Waals surface area contributed by atoms with Gasteiger partial charge in [0.05, 0.1) is 5.02 Å². The molecule has 1 aliphatic heterocycles. The van der Waals surface area contributed by atoms with Crippen molar-refractivity contribution < 1.29 is 9.90 Å². The second-order valence-electron chi connectivity index (χ2n) is 6.11. The van der Waals surface area contributed by atoms with Crippen LogP contribution in [0, 0.1) is 17.3 Å². The van der Waals surface area contributed by atoms with Crippen LogP contribution in [0.1, 0.15) is 42.6 Å². The highest BCUT2D eigenvalue weighted by molar-refractivity contribution is 6.32. The van der Waals surface area contributed by atoms with E-state index < -0.39 is 0 Å². The van der Waals surface area contributed by atoms with Gasteiger partial charge in [0.2, 0.25) is 0 Å². The number of carbonyl (C=O) groups is 1. The van der Waals surface area contributed by atoms with E-state index in [9.17, 15) is 4.79 Å². The van der Waals surface area contributed by atoms with Crippen LogP contribution in [0.2, 0.25) is 5.02 Å². The highest BCUT2D eigenvalue weighted by Gasteiger charge is 2.28. The first-order chi connectivity index (χ1) is 9.93. The highest BCUT2D eigenvalue weighted by atomic mass is 35.5. The van der Waals surface area contributed by atoms with Crippen LogP contribution in [0.15, 0.2) is 18.2 Å². The number of likely N-dealkylation sites (tertiary alicyclic amines) is 1. The molecule has 4 heteroatoms. The van der Waals surface area contributed by atoms with Gasteiger partial charge in [-0.25, -0.2) is 0 Å². The molecule has 1 fully saturated rings. The Morgan fingerprint density at radius 3 is 2.62 bits per heavy atom. The number of benzene rings is 1. The van der Waals surface area contributed by atoms with E-state index in [0.717, 1.165) is 25.9 Å². The molecule has 0 spiro atoms. The van der Waals surface area contributed by atoms with Crippen molar-refractivity contribution in [2.75, 3.05) is 19.7 Å². The molecule has 2 rings (SSSR count). The molecule has 0 unspecified atom stereocenters. The molecule has 0 saturated carbocycles. The lowest BCUT2D eigenvalue weighted by atomic mass is 9.82. The molecule has 3 nitrogen and oxygen atoms in total. The second kappa shape index (κ2) is 6.51. The zero-order valence-electron chi connectivity index (χ0n) is 12.4. The van der Waals surface area contributed by atoms with E-state index in [1.54, 1.807) is 18.2 Å². The van der Waals surface area contributed by atoms with Gasteiger partial charge in [-0.05, 0) is 36.5 Å². The van der Waals surface area contributed by atoms with Gasteiger partial charge >= 0.3 is 0 Å². The predicted molar refractivity (Wildman–Crippen MR) is 84.3 cm³/mol. The summed E-state index contributed by atoms with van der Waals surface area (Å²) in [6.07, 6.45) is 2.04. The monoisotopic (exact) mass is 305 g/mol. The normalized spacial score (nSPS) is 17.0. The van der Waals surface area contributed by atoms with E-state index in [4.69, 9.17) is 16.7 Å². The van der Waals surface area contributed by atoms with Crippen molar-refractivity contribution in [3.05, 3.63) is 34.3 Å². The summed E-state index contributed by atoms with van der Waals surface area (Å²) >= 11 is 6.14. The summed E-state index contributed by atoms with van der Waals surface area (Å²) in [5.74, 6) is 5.34. The number of carbonyl (C=O) groups excluding carboxylic acids is 1. The smallest absolute Gasteiger partial charge is 0.253 e. The third-order valence-electron chi connectivity index (χ3n) is 3.92. The van der Waals surface area contributed by atoms with Crippen LogP contribution in [-0.4, -0.2) is 35.6 Å². The molecule has 1 aromatic carbocycles. The van der Waals surface area contributed by atoms with Crippen molar-refractivity contribution in [2.24, 2.45) is 5.41 Å². The molecular weight excluding hydrogens is 286 g/mol. The molecule has 0 radical (unpaired) electrons. The van der Waals surface area contributed by atoms with E-state index in [-0.39, 0.29) is 12.5 Å². The van der Waals surface area contributed by atoms with E-state index in [1.165, 1.54) is 0 Å². The van der Waals surface area contributed by atoms with Gasteiger partial charge < -0.3 is 10.0 Å². The number of rotatable bonds is 1. The Bertz CT molecular complexity index is 589. The summed E-state index contributed by atoms with van der Waals surface area (Å²) in [5.41, 5.74) is 1.54. The molecule has 1 heterocycles. The van der Waals surface area contributed by atoms with Gasteiger partial charge in [0.1, 0.15) is 6.61 Å². The van der Waals surface area contributed by atoms with Crippen molar-refractivity contribution >= 4 is 17.5 Å².